The first-order valence-electron chi connectivity index (χ1n) is 7.23. The number of para-hydroxylation sites is 2. The first kappa shape index (κ1) is 14.8. The second-order valence-electron chi connectivity index (χ2n) is 5.23. The van der Waals surface area contributed by atoms with Gasteiger partial charge in [0, 0.05) is 0 Å². The highest BCUT2D eigenvalue weighted by molar-refractivity contribution is 5.79. The fraction of sp³-hybridized carbons (Fsp3) is 0. The molecule has 0 aliphatic heterocycles. The molecule has 2 aromatic carbocycles. The van der Waals surface area contributed by atoms with Crippen molar-refractivity contribution < 1.29 is 23.8 Å². The molecule has 0 saturated heterocycles. The van der Waals surface area contributed by atoms with Gasteiger partial charge in [0.05, 0.1) is 10.8 Å². The van der Waals surface area contributed by atoms with Crippen molar-refractivity contribution >= 4 is 21.9 Å². The number of fused-ring (bicyclic) bond motifs is 2. The first-order valence-corrected chi connectivity index (χ1v) is 7.23. The Balaban J connectivity index is 1.91. The van der Waals surface area contributed by atoms with Gasteiger partial charge in [-0.1, -0.05) is 24.3 Å². The number of benzene rings is 2. The van der Waals surface area contributed by atoms with Gasteiger partial charge in [-0.25, -0.2) is 0 Å². The summed E-state index contributed by atoms with van der Waals surface area (Å²) in [6.07, 6.45) is 0. The van der Waals surface area contributed by atoms with Crippen LogP contribution in [0.2, 0.25) is 0 Å². The Morgan fingerprint density at radius 3 is 1.52 bits per heavy atom. The van der Waals surface area contributed by atoms with Crippen LogP contribution in [0.1, 0.15) is 0 Å². The molecule has 0 saturated carbocycles. The molecule has 124 valence electrons. The van der Waals surface area contributed by atoms with Crippen LogP contribution in [0.15, 0.2) is 67.0 Å². The van der Waals surface area contributed by atoms with E-state index in [4.69, 9.17) is 13.6 Å². The fourth-order valence-corrected chi connectivity index (χ4v) is 2.45. The summed E-state index contributed by atoms with van der Waals surface area (Å²) in [7, 11) is 0. The largest absolute Gasteiger partial charge is 0.499 e. The summed E-state index contributed by atoms with van der Waals surface area (Å²) in [5.74, 6) is -2.77. The van der Waals surface area contributed by atoms with Gasteiger partial charge in [0.1, 0.15) is 11.2 Å². The summed E-state index contributed by atoms with van der Waals surface area (Å²) < 4.78 is 15.9. The minimum absolute atomic E-state index is 0.163. The number of hydrogen-bond donors (Lipinski definition) is 2. The van der Waals surface area contributed by atoms with E-state index >= 15 is 0 Å². The standard InChI is InChI=1S/C18H10O7/c19-13-9-5-1-3-7-11(9)23-17(15(13)21)25-18-16(22)14(20)10-6-2-4-8-12(10)24-18/h1-8,21-22H. The maximum absolute atomic E-state index is 12.2. The normalized spacial score (nSPS) is 11.0. The highest BCUT2D eigenvalue weighted by Crippen LogP contribution is 2.35. The second-order valence-corrected chi connectivity index (χ2v) is 5.23. The molecule has 0 radical (unpaired) electrons. The molecule has 4 rings (SSSR count). The lowest BCUT2D eigenvalue weighted by Gasteiger charge is -2.08. The van der Waals surface area contributed by atoms with Crippen molar-refractivity contribution in [2.24, 2.45) is 0 Å². The SMILES string of the molecule is O=c1c(O)c(Oc2oc3ccccc3c(=O)c2O)oc2ccccc12. The van der Waals surface area contributed by atoms with E-state index in [1.54, 1.807) is 24.3 Å². The smallest absolute Gasteiger partial charge is 0.341 e. The number of hydrogen-bond acceptors (Lipinski definition) is 7. The van der Waals surface area contributed by atoms with Gasteiger partial charge < -0.3 is 23.8 Å². The van der Waals surface area contributed by atoms with Crippen molar-refractivity contribution in [2.75, 3.05) is 0 Å². The number of aromatic hydroxyl groups is 2. The molecule has 2 heterocycles. The summed E-state index contributed by atoms with van der Waals surface area (Å²) in [5, 5.41) is 20.3. The van der Waals surface area contributed by atoms with Crippen molar-refractivity contribution in [3.05, 3.63) is 69.0 Å². The van der Waals surface area contributed by atoms with Gasteiger partial charge in [-0.05, 0) is 24.3 Å². The molecule has 0 unspecified atom stereocenters. The minimum atomic E-state index is -0.797. The Kier molecular flexibility index (Phi) is 3.21. The van der Waals surface area contributed by atoms with E-state index in [2.05, 4.69) is 0 Å². The maximum Gasteiger partial charge on any atom is 0.341 e. The van der Waals surface area contributed by atoms with Crippen LogP contribution in [0, 0.1) is 0 Å². The molecule has 25 heavy (non-hydrogen) atoms. The van der Waals surface area contributed by atoms with Gasteiger partial charge in [-0.3, -0.25) is 9.59 Å². The average Bonchev–Trinajstić information content (AvgIpc) is 2.63. The third-order valence-electron chi connectivity index (χ3n) is 3.67. The molecular weight excluding hydrogens is 328 g/mol. The molecule has 0 spiro atoms. The third kappa shape index (κ3) is 2.29. The first-order chi connectivity index (χ1) is 12.1. The van der Waals surface area contributed by atoms with Crippen LogP contribution in [0.4, 0.5) is 0 Å². The van der Waals surface area contributed by atoms with Crippen molar-refractivity contribution in [1.82, 2.24) is 0 Å². The van der Waals surface area contributed by atoms with Gasteiger partial charge in [0.15, 0.2) is 0 Å². The van der Waals surface area contributed by atoms with Crippen molar-refractivity contribution in [3.63, 3.8) is 0 Å². The van der Waals surface area contributed by atoms with Gasteiger partial charge >= 0.3 is 11.9 Å². The van der Waals surface area contributed by atoms with E-state index in [0.717, 1.165) is 0 Å². The summed E-state index contributed by atoms with van der Waals surface area (Å²) in [6, 6.07) is 12.5. The Bertz CT molecular complexity index is 1140. The molecule has 0 aliphatic carbocycles. The monoisotopic (exact) mass is 338 g/mol. The van der Waals surface area contributed by atoms with Crippen LogP contribution < -0.4 is 15.6 Å². The van der Waals surface area contributed by atoms with Crippen LogP contribution in [-0.2, 0) is 0 Å². The van der Waals surface area contributed by atoms with E-state index in [1.807, 2.05) is 0 Å². The Morgan fingerprint density at radius 2 is 1.08 bits per heavy atom. The zero-order valence-electron chi connectivity index (χ0n) is 12.6. The lowest BCUT2D eigenvalue weighted by atomic mass is 10.2. The molecular formula is C18H10O7. The Labute approximate surface area is 138 Å². The van der Waals surface area contributed by atoms with E-state index < -0.39 is 34.2 Å². The molecule has 0 fully saturated rings. The quantitative estimate of drug-likeness (QED) is 0.578. The van der Waals surface area contributed by atoms with E-state index in [-0.39, 0.29) is 21.9 Å². The van der Waals surface area contributed by atoms with Gasteiger partial charge in [-0.2, -0.15) is 0 Å². The predicted octanol–water partition coefficient (Wildman–Crippen LogP) is 3.10. The van der Waals surface area contributed by atoms with Gasteiger partial charge in [-0.15, -0.1) is 0 Å². The molecule has 7 nitrogen and oxygen atoms in total. The Morgan fingerprint density at radius 1 is 0.680 bits per heavy atom. The molecule has 2 aromatic heterocycles. The zero-order valence-corrected chi connectivity index (χ0v) is 12.6. The van der Waals surface area contributed by atoms with Crippen LogP contribution in [-0.4, -0.2) is 10.2 Å². The van der Waals surface area contributed by atoms with Gasteiger partial charge in [0.2, 0.25) is 22.4 Å². The lowest BCUT2D eigenvalue weighted by molar-refractivity contribution is 0.250. The van der Waals surface area contributed by atoms with E-state index in [1.165, 1.54) is 24.3 Å². The zero-order chi connectivity index (χ0) is 17.6. The molecule has 0 bridgehead atoms. The van der Waals surface area contributed by atoms with Crippen molar-refractivity contribution in [2.45, 2.75) is 0 Å². The van der Waals surface area contributed by atoms with Crippen LogP contribution in [0.25, 0.3) is 21.9 Å². The molecule has 0 aliphatic rings. The van der Waals surface area contributed by atoms with E-state index in [9.17, 15) is 19.8 Å². The lowest BCUT2D eigenvalue weighted by Crippen LogP contribution is -2.05. The molecule has 2 N–H and O–H groups in total. The summed E-state index contributed by atoms with van der Waals surface area (Å²) in [4.78, 5) is 24.3. The predicted molar refractivity (Wildman–Crippen MR) is 88.4 cm³/mol. The van der Waals surface area contributed by atoms with Crippen LogP contribution in [0.3, 0.4) is 0 Å². The minimum Gasteiger partial charge on any atom is -0.499 e. The summed E-state index contributed by atoms with van der Waals surface area (Å²) in [5.41, 5.74) is -1.08. The van der Waals surface area contributed by atoms with Crippen LogP contribution in [0.5, 0.6) is 23.4 Å². The third-order valence-corrected chi connectivity index (χ3v) is 3.67. The Hall–Kier alpha value is -3.74. The highest BCUT2D eigenvalue weighted by Gasteiger charge is 2.21. The molecule has 0 atom stereocenters. The number of rotatable bonds is 2. The molecule has 4 aromatic rings. The van der Waals surface area contributed by atoms with Crippen molar-refractivity contribution in [1.29, 1.82) is 0 Å². The van der Waals surface area contributed by atoms with Crippen molar-refractivity contribution in [3.8, 4) is 23.4 Å². The second kappa shape index (κ2) is 5.41. The van der Waals surface area contributed by atoms with E-state index in [0.29, 0.717) is 0 Å². The molecule has 7 heteroatoms. The number of ether oxygens (including phenoxy) is 1. The van der Waals surface area contributed by atoms with Crippen LogP contribution >= 0.6 is 0 Å². The summed E-state index contributed by atoms with van der Waals surface area (Å²) >= 11 is 0. The molecule has 0 amide bonds. The fourth-order valence-electron chi connectivity index (χ4n) is 2.45. The summed E-state index contributed by atoms with van der Waals surface area (Å²) in [6.45, 7) is 0. The van der Waals surface area contributed by atoms with Gasteiger partial charge in [0.25, 0.3) is 0 Å². The topological polar surface area (TPSA) is 110 Å². The average molecular weight is 338 g/mol. The highest BCUT2D eigenvalue weighted by atomic mass is 16.7. The maximum atomic E-state index is 12.2.